The van der Waals surface area contributed by atoms with Crippen LogP contribution in [0.1, 0.15) is 32.1 Å². The van der Waals surface area contributed by atoms with E-state index in [0.29, 0.717) is 6.10 Å². The summed E-state index contributed by atoms with van der Waals surface area (Å²) in [6.45, 7) is 3.28. The van der Waals surface area contributed by atoms with Crippen molar-refractivity contribution in [2.24, 2.45) is 5.92 Å². The van der Waals surface area contributed by atoms with Crippen LogP contribution in [0.3, 0.4) is 0 Å². The Kier molecular flexibility index (Phi) is 5.07. The number of rotatable bonds is 3. The number of nitrogens with one attached hydrogen (secondary N) is 1. The Balaban J connectivity index is 0.000000845. The van der Waals surface area contributed by atoms with Gasteiger partial charge in [0.25, 0.3) is 0 Å². The van der Waals surface area contributed by atoms with Crippen molar-refractivity contribution in [1.82, 2.24) is 5.32 Å². The summed E-state index contributed by atoms with van der Waals surface area (Å²) in [6, 6.07) is 0. The Hall–Kier alpha value is 0.210. The number of halogens is 1. The van der Waals surface area contributed by atoms with E-state index in [1.54, 1.807) is 0 Å². The smallest absolute Gasteiger partial charge is 0.0700 e. The minimum Gasteiger partial charge on any atom is -0.377 e. The zero-order valence-electron chi connectivity index (χ0n) is 8.13. The lowest BCUT2D eigenvalue weighted by Gasteiger charge is -2.29. The second-order valence-corrected chi connectivity index (χ2v) is 4.10. The largest absolute Gasteiger partial charge is 0.377 e. The molecular formula is C10H20ClNO. The van der Waals surface area contributed by atoms with Crippen LogP contribution in [0.4, 0.5) is 0 Å². The van der Waals surface area contributed by atoms with E-state index < -0.39 is 0 Å². The molecule has 1 unspecified atom stereocenters. The van der Waals surface area contributed by atoms with Gasteiger partial charge in [0.05, 0.1) is 6.10 Å². The van der Waals surface area contributed by atoms with Crippen molar-refractivity contribution in [1.29, 1.82) is 0 Å². The molecule has 0 aromatic carbocycles. The maximum Gasteiger partial charge on any atom is 0.0700 e. The van der Waals surface area contributed by atoms with Gasteiger partial charge in [-0.2, -0.15) is 0 Å². The van der Waals surface area contributed by atoms with Crippen LogP contribution < -0.4 is 5.32 Å². The fourth-order valence-electron chi connectivity index (χ4n) is 1.89. The molecule has 1 atom stereocenters. The van der Waals surface area contributed by atoms with E-state index in [1.807, 2.05) is 0 Å². The van der Waals surface area contributed by atoms with E-state index in [1.165, 1.54) is 38.6 Å². The predicted molar refractivity (Wildman–Crippen MR) is 56.4 cm³/mol. The molecule has 1 saturated carbocycles. The second kappa shape index (κ2) is 5.84. The van der Waals surface area contributed by atoms with Crippen molar-refractivity contribution >= 4 is 12.4 Å². The summed E-state index contributed by atoms with van der Waals surface area (Å²) in [7, 11) is 0. The number of piperidine rings is 1. The Morgan fingerprint density at radius 3 is 2.54 bits per heavy atom. The fourth-order valence-corrected chi connectivity index (χ4v) is 1.89. The molecule has 1 aliphatic carbocycles. The summed E-state index contributed by atoms with van der Waals surface area (Å²) < 4.78 is 5.82. The SMILES string of the molecule is C1CC(COC2CCCNC2)C1.Cl. The van der Waals surface area contributed by atoms with E-state index >= 15 is 0 Å². The lowest BCUT2D eigenvalue weighted by Crippen LogP contribution is -2.36. The number of hydrogen-bond acceptors (Lipinski definition) is 2. The molecular weight excluding hydrogens is 186 g/mol. The molecule has 2 rings (SSSR count). The standard InChI is InChI=1S/C10H19NO.ClH/c1-3-9(4-1)8-12-10-5-2-6-11-7-10;/h9-11H,1-8H2;1H. The van der Waals surface area contributed by atoms with Crippen molar-refractivity contribution in [3.63, 3.8) is 0 Å². The van der Waals surface area contributed by atoms with Gasteiger partial charge in [0.1, 0.15) is 0 Å². The van der Waals surface area contributed by atoms with Gasteiger partial charge in [-0.25, -0.2) is 0 Å². The van der Waals surface area contributed by atoms with Gasteiger partial charge in [0.15, 0.2) is 0 Å². The summed E-state index contributed by atoms with van der Waals surface area (Å²) in [5.74, 6) is 0.895. The van der Waals surface area contributed by atoms with Crippen LogP contribution in [0.2, 0.25) is 0 Å². The summed E-state index contributed by atoms with van der Waals surface area (Å²) in [5, 5.41) is 3.37. The highest BCUT2D eigenvalue weighted by molar-refractivity contribution is 5.85. The molecule has 2 aliphatic rings. The average molecular weight is 206 g/mol. The van der Waals surface area contributed by atoms with Crippen LogP contribution in [-0.4, -0.2) is 25.8 Å². The maximum absolute atomic E-state index is 5.82. The Morgan fingerprint density at radius 2 is 2.00 bits per heavy atom. The van der Waals surface area contributed by atoms with Crippen molar-refractivity contribution in [3.05, 3.63) is 0 Å². The molecule has 3 heteroatoms. The molecule has 0 amide bonds. The quantitative estimate of drug-likeness (QED) is 0.761. The average Bonchev–Trinajstić information content (AvgIpc) is 2.04. The molecule has 1 saturated heterocycles. The van der Waals surface area contributed by atoms with Gasteiger partial charge < -0.3 is 10.1 Å². The van der Waals surface area contributed by atoms with E-state index in [0.717, 1.165) is 19.1 Å². The monoisotopic (exact) mass is 205 g/mol. The van der Waals surface area contributed by atoms with Gasteiger partial charge in [-0.05, 0) is 38.1 Å². The third-order valence-electron chi connectivity index (χ3n) is 3.04. The lowest BCUT2D eigenvalue weighted by molar-refractivity contribution is -0.000508. The van der Waals surface area contributed by atoms with Crippen LogP contribution in [-0.2, 0) is 4.74 Å². The second-order valence-electron chi connectivity index (χ2n) is 4.10. The number of ether oxygens (including phenoxy) is 1. The molecule has 0 aromatic heterocycles. The predicted octanol–water partition coefficient (Wildman–Crippen LogP) is 1.98. The molecule has 2 fully saturated rings. The van der Waals surface area contributed by atoms with Crippen molar-refractivity contribution in [2.45, 2.75) is 38.2 Å². The first-order valence-electron chi connectivity index (χ1n) is 5.27. The fraction of sp³-hybridized carbons (Fsp3) is 1.00. The molecule has 1 heterocycles. The van der Waals surface area contributed by atoms with Crippen LogP contribution in [0.15, 0.2) is 0 Å². The first-order chi connectivity index (χ1) is 5.95. The summed E-state index contributed by atoms with van der Waals surface area (Å²) in [4.78, 5) is 0. The van der Waals surface area contributed by atoms with Crippen molar-refractivity contribution in [3.8, 4) is 0 Å². The van der Waals surface area contributed by atoms with Crippen LogP contribution in [0.25, 0.3) is 0 Å². The third-order valence-corrected chi connectivity index (χ3v) is 3.04. The molecule has 2 nitrogen and oxygen atoms in total. The third kappa shape index (κ3) is 3.45. The summed E-state index contributed by atoms with van der Waals surface area (Å²) in [5.41, 5.74) is 0. The minimum absolute atomic E-state index is 0. The van der Waals surface area contributed by atoms with Crippen molar-refractivity contribution in [2.75, 3.05) is 19.7 Å². The highest BCUT2D eigenvalue weighted by Gasteiger charge is 2.20. The molecule has 1 N–H and O–H groups in total. The van der Waals surface area contributed by atoms with E-state index in [-0.39, 0.29) is 12.4 Å². The van der Waals surface area contributed by atoms with Crippen LogP contribution in [0.5, 0.6) is 0 Å². The van der Waals surface area contributed by atoms with Gasteiger partial charge in [-0.3, -0.25) is 0 Å². The van der Waals surface area contributed by atoms with Crippen LogP contribution in [0, 0.1) is 5.92 Å². The Bertz CT molecular complexity index is 133. The summed E-state index contributed by atoms with van der Waals surface area (Å²) >= 11 is 0. The zero-order valence-corrected chi connectivity index (χ0v) is 8.94. The zero-order chi connectivity index (χ0) is 8.23. The first kappa shape index (κ1) is 11.3. The molecule has 0 aromatic rings. The Labute approximate surface area is 86.8 Å². The number of hydrogen-bond donors (Lipinski definition) is 1. The molecule has 0 radical (unpaired) electrons. The van der Waals surface area contributed by atoms with Gasteiger partial charge >= 0.3 is 0 Å². The van der Waals surface area contributed by atoms with Gasteiger partial charge in [0, 0.05) is 13.2 Å². The van der Waals surface area contributed by atoms with Gasteiger partial charge in [-0.15, -0.1) is 12.4 Å². The highest BCUT2D eigenvalue weighted by atomic mass is 35.5. The normalized spacial score (nSPS) is 29.1. The molecule has 13 heavy (non-hydrogen) atoms. The molecule has 78 valence electrons. The van der Waals surface area contributed by atoms with Gasteiger partial charge in [0.2, 0.25) is 0 Å². The summed E-state index contributed by atoms with van der Waals surface area (Å²) in [6.07, 6.45) is 7.30. The van der Waals surface area contributed by atoms with Crippen molar-refractivity contribution < 1.29 is 4.74 Å². The first-order valence-corrected chi connectivity index (χ1v) is 5.27. The maximum atomic E-state index is 5.82. The molecule has 0 spiro atoms. The van der Waals surface area contributed by atoms with Gasteiger partial charge in [-0.1, -0.05) is 6.42 Å². The van der Waals surface area contributed by atoms with E-state index in [9.17, 15) is 0 Å². The Morgan fingerprint density at radius 1 is 1.15 bits per heavy atom. The van der Waals surface area contributed by atoms with E-state index in [2.05, 4.69) is 5.32 Å². The molecule has 1 aliphatic heterocycles. The minimum atomic E-state index is 0. The van der Waals surface area contributed by atoms with Crippen LogP contribution >= 0.6 is 12.4 Å². The topological polar surface area (TPSA) is 21.3 Å². The lowest BCUT2D eigenvalue weighted by atomic mass is 9.86. The highest BCUT2D eigenvalue weighted by Crippen LogP contribution is 2.26. The molecule has 0 bridgehead atoms. The van der Waals surface area contributed by atoms with E-state index in [4.69, 9.17) is 4.74 Å².